The summed E-state index contributed by atoms with van der Waals surface area (Å²) >= 11 is 1.45. The fraction of sp³-hybridized carbons (Fsp3) is 0.500. The largest absolute Gasteiger partial charge is 0.340 e. The van der Waals surface area contributed by atoms with Crippen LogP contribution in [0, 0.1) is 0 Å². The van der Waals surface area contributed by atoms with E-state index in [2.05, 4.69) is 20.2 Å². The molecular formula is C12H16N4O3S2. The van der Waals surface area contributed by atoms with E-state index in [-0.39, 0.29) is 6.54 Å². The lowest BCUT2D eigenvalue weighted by Crippen LogP contribution is -2.25. The van der Waals surface area contributed by atoms with Crippen molar-refractivity contribution in [2.24, 2.45) is 0 Å². The number of hydrogen-bond donors (Lipinski definition) is 2. The normalized spacial score (nSPS) is 15.4. The van der Waals surface area contributed by atoms with Gasteiger partial charge in [-0.3, -0.25) is 0 Å². The molecule has 2 N–H and O–H groups in total. The van der Waals surface area contributed by atoms with Crippen LogP contribution in [-0.2, 0) is 23.0 Å². The smallest absolute Gasteiger partial charge is 0.241 e. The molecule has 0 bridgehead atoms. The second-order valence-corrected chi connectivity index (χ2v) is 7.65. The minimum atomic E-state index is -3.47. The number of nitrogens with one attached hydrogen (secondary N) is 2. The summed E-state index contributed by atoms with van der Waals surface area (Å²) in [7, 11) is -3.47. The third kappa shape index (κ3) is 4.10. The Kier molecular flexibility index (Phi) is 4.34. The molecule has 1 fully saturated rings. The van der Waals surface area contributed by atoms with Gasteiger partial charge in [-0.15, -0.1) is 11.3 Å². The zero-order valence-electron chi connectivity index (χ0n) is 11.3. The molecule has 9 heteroatoms. The van der Waals surface area contributed by atoms with Crippen LogP contribution in [-0.4, -0.2) is 31.1 Å². The highest BCUT2D eigenvalue weighted by Gasteiger charge is 2.21. The first-order valence-electron chi connectivity index (χ1n) is 6.69. The van der Waals surface area contributed by atoms with Gasteiger partial charge >= 0.3 is 0 Å². The average molecular weight is 328 g/mol. The Morgan fingerprint density at radius 3 is 3.00 bits per heavy atom. The zero-order chi connectivity index (χ0) is 14.7. The fourth-order valence-electron chi connectivity index (χ4n) is 1.81. The van der Waals surface area contributed by atoms with E-state index in [0.29, 0.717) is 23.2 Å². The molecule has 0 radical (unpaired) electrons. The molecule has 0 atom stereocenters. The number of nitrogens with zero attached hydrogens (tertiary/aromatic N) is 2. The van der Waals surface area contributed by atoms with Gasteiger partial charge in [-0.1, -0.05) is 5.16 Å². The van der Waals surface area contributed by atoms with Gasteiger partial charge in [0.2, 0.25) is 15.9 Å². The molecule has 2 heterocycles. The summed E-state index contributed by atoms with van der Waals surface area (Å²) in [6.45, 7) is 0.961. The van der Waals surface area contributed by atoms with Gasteiger partial charge in [0.05, 0.1) is 4.90 Å². The molecule has 7 nitrogen and oxygen atoms in total. The topological polar surface area (TPSA) is 97.1 Å². The van der Waals surface area contributed by atoms with E-state index in [0.717, 1.165) is 11.4 Å². The van der Waals surface area contributed by atoms with Crippen molar-refractivity contribution in [1.82, 2.24) is 20.2 Å². The SMILES string of the molecule is O=S(=O)(NCCc1ncno1)c1csc(CNC2CC2)c1. The molecule has 1 aliphatic carbocycles. The Bertz CT molecular complexity index is 677. The first-order chi connectivity index (χ1) is 10.1. The molecule has 2 aromatic rings. The third-order valence-electron chi connectivity index (χ3n) is 3.12. The first-order valence-corrected chi connectivity index (χ1v) is 9.06. The van der Waals surface area contributed by atoms with Gasteiger partial charge in [0, 0.05) is 35.8 Å². The quantitative estimate of drug-likeness (QED) is 0.747. The number of rotatable bonds is 8. The van der Waals surface area contributed by atoms with Crippen LogP contribution in [0.3, 0.4) is 0 Å². The molecule has 114 valence electrons. The van der Waals surface area contributed by atoms with Gasteiger partial charge in [0.15, 0.2) is 6.33 Å². The highest BCUT2D eigenvalue weighted by molar-refractivity contribution is 7.89. The molecule has 0 unspecified atom stereocenters. The van der Waals surface area contributed by atoms with E-state index < -0.39 is 10.0 Å². The van der Waals surface area contributed by atoms with Crippen molar-refractivity contribution in [1.29, 1.82) is 0 Å². The zero-order valence-corrected chi connectivity index (χ0v) is 12.9. The van der Waals surface area contributed by atoms with Crippen LogP contribution in [0.1, 0.15) is 23.6 Å². The van der Waals surface area contributed by atoms with Crippen LogP contribution >= 0.6 is 11.3 Å². The molecule has 3 rings (SSSR count). The molecule has 0 aliphatic heterocycles. The lowest BCUT2D eigenvalue weighted by Gasteiger charge is -2.03. The molecular weight excluding hydrogens is 312 g/mol. The maximum Gasteiger partial charge on any atom is 0.241 e. The van der Waals surface area contributed by atoms with Crippen molar-refractivity contribution in [2.45, 2.75) is 36.7 Å². The van der Waals surface area contributed by atoms with E-state index in [1.54, 1.807) is 11.4 Å². The van der Waals surface area contributed by atoms with Crippen molar-refractivity contribution in [3.05, 3.63) is 28.5 Å². The van der Waals surface area contributed by atoms with Gasteiger partial charge in [-0.25, -0.2) is 13.1 Å². The minimum absolute atomic E-state index is 0.232. The van der Waals surface area contributed by atoms with Crippen LogP contribution in [0.25, 0.3) is 0 Å². The number of thiophene rings is 1. The molecule has 0 saturated heterocycles. The van der Waals surface area contributed by atoms with Crippen molar-refractivity contribution >= 4 is 21.4 Å². The molecule has 0 aromatic carbocycles. The van der Waals surface area contributed by atoms with E-state index in [1.165, 1.54) is 30.5 Å². The molecule has 2 aromatic heterocycles. The fourth-order valence-corrected chi connectivity index (χ4v) is 4.07. The molecule has 0 amide bonds. The second-order valence-electron chi connectivity index (χ2n) is 4.89. The number of aromatic nitrogens is 2. The third-order valence-corrected chi connectivity index (χ3v) is 5.65. The van der Waals surface area contributed by atoms with E-state index in [9.17, 15) is 8.42 Å². The monoisotopic (exact) mass is 328 g/mol. The van der Waals surface area contributed by atoms with E-state index in [1.807, 2.05) is 0 Å². The minimum Gasteiger partial charge on any atom is -0.340 e. The van der Waals surface area contributed by atoms with Crippen molar-refractivity contribution < 1.29 is 12.9 Å². The van der Waals surface area contributed by atoms with Crippen LogP contribution in [0.4, 0.5) is 0 Å². The summed E-state index contributed by atoms with van der Waals surface area (Å²) in [5, 5.41) is 8.50. The Morgan fingerprint density at radius 1 is 1.43 bits per heavy atom. The maximum atomic E-state index is 12.1. The summed E-state index contributed by atoms with van der Waals surface area (Å²) in [6, 6.07) is 2.33. The number of hydrogen-bond acceptors (Lipinski definition) is 7. The van der Waals surface area contributed by atoms with Gasteiger partial charge in [0.25, 0.3) is 0 Å². The van der Waals surface area contributed by atoms with Gasteiger partial charge in [0.1, 0.15) is 0 Å². The number of sulfonamides is 1. The molecule has 21 heavy (non-hydrogen) atoms. The molecule has 1 saturated carbocycles. The Balaban J connectivity index is 1.53. The Labute approximate surface area is 126 Å². The lowest BCUT2D eigenvalue weighted by molar-refractivity contribution is 0.377. The first kappa shape index (κ1) is 14.6. The maximum absolute atomic E-state index is 12.1. The van der Waals surface area contributed by atoms with Gasteiger partial charge in [-0.05, 0) is 18.9 Å². The Morgan fingerprint density at radius 2 is 2.29 bits per heavy atom. The van der Waals surface area contributed by atoms with Crippen LogP contribution in [0.2, 0.25) is 0 Å². The standard InChI is InChI=1S/C12H16N4O3S2/c17-21(18,16-4-3-12-14-8-15-19-12)11-5-10(20-7-11)6-13-9-1-2-9/h5,7-9,13,16H,1-4,6H2. The van der Waals surface area contributed by atoms with E-state index >= 15 is 0 Å². The lowest BCUT2D eigenvalue weighted by atomic mass is 10.4. The van der Waals surface area contributed by atoms with Crippen LogP contribution < -0.4 is 10.0 Å². The van der Waals surface area contributed by atoms with Crippen molar-refractivity contribution in [2.75, 3.05) is 6.54 Å². The van der Waals surface area contributed by atoms with Gasteiger partial charge in [-0.2, -0.15) is 4.98 Å². The predicted octanol–water partition coefficient (Wildman–Crippen LogP) is 0.904. The second kappa shape index (κ2) is 6.22. The summed E-state index contributed by atoms with van der Waals surface area (Å²) in [6.07, 6.45) is 4.10. The van der Waals surface area contributed by atoms with Crippen LogP contribution in [0.15, 0.2) is 27.2 Å². The highest BCUT2D eigenvalue weighted by atomic mass is 32.2. The molecule has 1 aliphatic rings. The Hall–Kier alpha value is -1.29. The predicted molar refractivity (Wildman–Crippen MR) is 77.4 cm³/mol. The molecule has 0 spiro atoms. The average Bonchev–Trinajstić information content (AvgIpc) is 2.93. The highest BCUT2D eigenvalue weighted by Crippen LogP contribution is 2.22. The van der Waals surface area contributed by atoms with Gasteiger partial charge < -0.3 is 9.84 Å². The van der Waals surface area contributed by atoms with Crippen molar-refractivity contribution in [3.8, 4) is 0 Å². The summed E-state index contributed by atoms with van der Waals surface area (Å²) in [5.74, 6) is 0.414. The summed E-state index contributed by atoms with van der Waals surface area (Å²) < 4.78 is 31.6. The van der Waals surface area contributed by atoms with E-state index in [4.69, 9.17) is 4.52 Å². The van der Waals surface area contributed by atoms with Crippen molar-refractivity contribution in [3.63, 3.8) is 0 Å². The summed E-state index contributed by atoms with van der Waals surface area (Å²) in [5.41, 5.74) is 0. The summed E-state index contributed by atoms with van der Waals surface area (Å²) in [4.78, 5) is 5.18. The van der Waals surface area contributed by atoms with Crippen LogP contribution in [0.5, 0.6) is 0 Å².